The van der Waals surface area contributed by atoms with Crippen LogP contribution in [0, 0.1) is 6.92 Å². The molecule has 1 atom stereocenters. The molecule has 3 aromatic rings. The van der Waals surface area contributed by atoms with Crippen molar-refractivity contribution < 1.29 is 4.42 Å². The smallest absolute Gasteiger partial charge is 0.184 e. The maximum Gasteiger partial charge on any atom is 0.184 e. The fraction of sp³-hybridized carbons (Fsp3) is 0.214. The molecule has 0 fully saturated rings. The van der Waals surface area contributed by atoms with Crippen molar-refractivity contribution in [1.82, 2.24) is 4.98 Å². The van der Waals surface area contributed by atoms with Gasteiger partial charge in [-0.1, -0.05) is 27.3 Å². The predicted molar refractivity (Wildman–Crippen MR) is 82.8 cm³/mol. The third-order valence-electron chi connectivity index (χ3n) is 2.88. The molecule has 0 saturated heterocycles. The van der Waals surface area contributed by atoms with Crippen molar-refractivity contribution in [3.8, 4) is 0 Å². The van der Waals surface area contributed by atoms with Gasteiger partial charge in [-0.3, -0.25) is 0 Å². The van der Waals surface area contributed by atoms with E-state index in [2.05, 4.69) is 39.2 Å². The number of hydrogen-bond donors (Lipinski definition) is 1. The van der Waals surface area contributed by atoms with E-state index in [-0.39, 0.29) is 6.04 Å². The first-order chi connectivity index (χ1) is 9.11. The quantitative estimate of drug-likeness (QED) is 0.720. The van der Waals surface area contributed by atoms with Crippen LogP contribution in [-0.4, -0.2) is 4.98 Å². The SMILES string of the molecule is Cc1ccc(C(C)Nc2nc3ccc(Br)cc3s2)o1. The summed E-state index contributed by atoms with van der Waals surface area (Å²) in [5, 5.41) is 4.29. The molecule has 98 valence electrons. The summed E-state index contributed by atoms with van der Waals surface area (Å²) < 4.78 is 7.86. The average Bonchev–Trinajstić information content (AvgIpc) is 2.94. The number of nitrogens with zero attached hydrogens (tertiary/aromatic N) is 1. The molecule has 1 N–H and O–H groups in total. The lowest BCUT2D eigenvalue weighted by atomic mass is 10.2. The van der Waals surface area contributed by atoms with Gasteiger partial charge in [-0.15, -0.1) is 0 Å². The molecule has 2 heterocycles. The molecule has 0 saturated carbocycles. The van der Waals surface area contributed by atoms with Gasteiger partial charge in [-0.2, -0.15) is 0 Å². The highest BCUT2D eigenvalue weighted by Crippen LogP contribution is 2.30. The minimum Gasteiger partial charge on any atom is -0.464 e. The van der Waals surface area contributed by atoms with E-state index in [1.807, 2.05) is 31.2 Å². The Kier molecular flexibility index (Phi) is 3.33. The molecule has 5 heteroatoms. The highest BCUT2D eigenvalue weighted by atomic mass is 79.9. The van der Waals surface area contributed by atoms with Gasteiger partial charge in [0.2, 0.25) is 0 Å². The Hall–Kier alpha value is -1.33. The maximum absolute atomic E-state index is 5.62. The monoisotopic (exact) mass is 336 g/mol. The Morgan fingerprint density at radius 2 is 2.16 bits per heavy atom. The minimum absolute atomic E-state index is 0.109. The largest absolute Gasteiger partial charge is 0.464 e. The summed E-state index contributed by atoms with van der Waals surface area (Å²) in [6, 6.07) is 10.2. The second kappa shape index (κ2) is 4.98. The van der Waals surface area contributed by atoms with E-state index in [9.17, 15) is 0 Å². The van der Waals surface area contributed by atoms with E-state index < -0.39 is 0 Å². The van der Waals surface area contributed by atoms with Crippen molar-refractivity contribution >= 4 is 42.6 Å². The first kappa shape index (κ1) is 12.7. The minimum atomic E-state index is 0.109. The third-order valence-corrected chi connectivity index (χ3v) is 4.32. The topological polar surface area (TPSA) is 38.1 Å². The van der Waals surface area contributed by atoms with Crippen LogP contribution < -0.4 is 5.32 Å². The zero-order chi connectivity index (χ0) is 13.4. The van der Waals surface area contributed by atoms with Gasteiger partial charge in [0.25, 0.3) is 0 Å². The van der Waals surface area contributed by atoms with Crippen molar-refractivity contribution in [2.45, 2.75) is 19.9 Å². The number of fused-ring (bicyclic) bond motifs is 1. The summed E-state index contributed by atoms with van der Waals surface area (Å²) in [6.07, 6.45) is 0. The first-order valence-corrected chi connectivity index (χ1v) is 7.62. The van der Waals surface area contributed by atoms with Crippen LogP contribution in [0.5, 0.6) is 0 Å². The molecule has 0 aliphatic carbocycles. The number of thiazole rings is 1. The van der Waals surface area contributed by atoms with Crippen molar-refractivity contribution in [3.05, 3.63) is 46.3 Å². The number of anilines is 1. The molecule has 19 heavy (non-hydrogen) atoms. The fourth-order valence-electron chi connectivity index (χ4n) is 1.90. The summed E-state index contributed by atoms with van der Waals surface area (Å²) in [5.74, 6) is 1.86. The lowest BCUT2D eigenvalue weighted by molar-refractivity contribution is 0.467. The molecule has 3 nitrogen and oxygen atoms in total. The zero-order valence-electron chi connectivity index (χ0n) is 10.6. The fourth-order valence-corrected chi connectivity index (χ4v) is 3.41. The van der Waals surface area contributed by atoms with Gasteiger partial charge in [0.05, 0.1) is 16.3 Å². The summed E-state index contributed by atoms with van der Waals surface area (Å²) in [4.78, 5) is 4.57. The van der Waals surface area contributed by atoms with Crippen molar-refractivity contribution in [2.75, 3.05) is 5.32 Å². The highest BCUT2D eigenvalue weighted by Gasteiger charge is 2.12. The zero-order valence-corrected chi connectivity index (χ0v) is 13.0. The van der Waals surface area contributed by atoms with Crippen LogP contribution in [0.3, 0.4) is 0 Å². The van der Waals surface area contributed by atoms with Crippen LogP contribution in [-0.2, 0) is 0 Å². The first-order valence-electron chi connectivity index (χ1n) is 6.01. The Morgan fingerprint density at radius 3 is 2.89 bits per heavy atom. The Balaban J connectivity index is 1.85. The van der Waals surface area contributed by atoms with E-state index >= 15 is 0 Å². The summed E-state index contributed by atoms with van der Waals surface area (Å²) >= 11 is 5.12. The van der Waals surface area contributed by atoms with Crippen LogP contribution in [0.15, 0.2) is 39.2 Å². The van der Waals surface area contributed by atoms with Gasteiger partial charge >= 0.3 is 0 Å². The van der Waals surface area contributed by atoms with Crippen LogP contribution in [0.4, 0.5) is 5.13 Å². The molecule has 0 aliphatic heterocycles. The third kappa shape index (κ3) is 2.67. The molecule has 0 radical (unpaired) electrons. The molecule has 0 spiro atoms. The molecule has 3 rings (SSSR count). The lowest BCUT2D eigenvalue weighted by Crippen LogP contribution is -2.04. The van der Waals surface area contributed by atoms with Crippen molar-refractivity contribution in [1.29, 1.82) is 0 Å². The standard InChI is InChI=1S/C14H13BrN2OS/c1-8-3-6-12(18-8)9(2)16-14-17-11-5-4-10(15)7-13(11)19-14/h3-7,9H,1-2H3,(H,16,17). The summed E-state index contributed by atoms with van der Waals surface area (Å²) in [7, 11) is 0. The second-order valence-electron chi connectivity index (χ2n) is 4.45. The van der Waals surface area contributed by atoms with Crippen LogP contribution >= 0.6 is 27.3 Å². The van der Waals surface area contributed by atoms with Crippen LogP contribution in [0.25, 0.3) is 10.2 Å². The number of rotatable bonds is 3. The molecule has 2 aromatic heterocycles. The number of furan rings is 1. The van der Waals surface area contributed by atoms with Crippen molar-refractivity contribution in [3.63, 3.8) is 0 Å². The number of hydrogen-bond acceptors (Lipinski definition) is 4. The molecule has 0 bridgehead atoms. The number of nitrogens with one attached hydrogen (secondary N) is 1. The average molecular weight is 337 g/mol. The Labute approximate surface area is 123 Å². The van der Waals surface area contributed by atoms with E-state index in [0.717, 1.165) is 26.6 Å². The number of benzene rings is 1. The molecule has 1 aromatic carbocycles. The van der Waals surface area contributed by atoms with E-state index in [4.69, 9.17) is 4.42 Å². The maximum atomic E-state index is 5.62. The van der Waals surface area contributed by atoms with Gasteiger partial charge in [-0.05, 0) is 44.2 Å². The van der Waals surface area contributed by atoms with Crippen molar-refractivity contribution in [2.24, 2.45) is 0 Å². The number of halogens is 1. The molecule has 1 unspecified atom stereocenters. The summed E-state index contributed by atoms with van der Waals surface area (Å²) in [5.41, 5.74) is 1.01. The molecular weight excluding hydrogens is 324 g/mol. The summed E-state index contributed by atoms with van der Waals surface area (Å²) in [6.45, 7) is 4.02. The highest BCUT2D eigenvalue weighted by molar-refractivity contribution is 9.10. The van der Waals surface area contributed by atoms with Crippen LogP contribution in [0.1, 0.15) is 24.5 Å². The second-order valence-corrected chi connectivity index (χ2v) is 6.39. The van der Waals surface area contributed by atoms with E-state index in [1.54, 1.807) is 11.3 Å². The molecule has 0 amide bonds. The number of aryl methyl sites for hydroxylation is 1. The van der Waals surface area contributed by atoms with Gasteiger partial charge < -0.3 is 9.73 Å². The normalized spacial score (nSPS) is 12.8. The van der Waals surface area contributed by atoms with E-state index in [0.29, 0.717) is 0 Å². The predicted octanol–water partition coefficient (Wildman–Crippen LogP) is 5.13. The Morgan fingerprint density at radius 1 is 1.32 bits per heavy atom. The van der Waals surface area contributed by atoms with Gasteiger partial charge in [-0.25, -0.2) is 4.98 Å². The molecule has 0 aliphatic rings. The van der Waals surface area contributed by atoms with Gasteiger partial charge in [0.15, 0.2) is 5.13 Å². The van der Waals surface area contributed by atoms with E-state index in [1.165, 1.54) is 4.70 Å². The lowest BCUT2D eigenvalue weighted by Gasteiger charge is -2.09. The van der Waals surface area contributed by atoms with Gasteiger partial charge in [0, 0.05) is 4.47 Å². The number of aromatic nitrogens is 1. The Bertz CT molecular complexity index is 719. The van der Waals surface area contributed by atoms with Gasteiger partial charge in [0.1, 0.15) is 11.5 Å². The molecular formula is C14H13BrN2OS. The van der Waals surface area contributed by atoms with Crippen LogP contribution in [0.2, 0.25) is 0 Å².